The Labute approximate surface area is 26.1 Å². The Hall–Kier alpha value is -0.0900. The summed E-state index contributed by atoms with van der Waals surface area (Å²) in [5.41, 5.74) is 0. The van der Waals surface area contributed by atoms with E-state index in [-0.39, 0.29) is 0 Å². The highest BCUT2D eigenvalue weighted by Crippen LogP contribution is 1.27. The second kappa shape index (κ2) is 1.25. The lowest BCUT2D eigenvalue weighted by molar-refractivity contribution is 0.509. The number of rotatable bonds is 0. The average Bonchev–Trinajstić information content (AvgIpc) is 0.722. The summed E-state index contributed by atoms with van der Waals surface area (Å²) in [5.74, 6) is 0. The van der Waals surface area contributed by atoms with E-state index in [1.165, 1.54) is 0 Å². The normalized spacial score (nSPS) is 14.8. The van der Waals surface area contributed by atoms with Crippen molar-refractivity contribution < 1.29 is 13.0 Å². The predicted molar refractivity (Wildman–Crippen MR) is 12.9 cm³/mol. The molecular formula is H2O3S. The molecule has 0 aliphatic rings. The molecule has 0 saturated carbocycles. The van der Waals surface area contributed by atoms with E-state index in [0.717, 1.165) is 0 Å². The van der Waals surface area contributed by atoms with E-state index in [1.54, 1.807) is 0 Å². The zero-order valence-corrected chi connectivity index (χ0v) is 2.49. The minimum Gasteiger partial charge on any atom is -0.288 e. The summed E-state index contributed by atoms with van der Waals surface area (Å²) >= 11 is 0. The lowest BCUT2D eigenvalue weighted by atomic mass is 15.9. The van der Waals surface area contributed by atoms with Crippen LogP contribution in [0.3, 0.4) is 0 Å². The van der Waals surface area contributed by atoms with Gasteiger partial charge in [-0.3, -0.25) is 4.55 Å². The predicted octanol–water partition coefficient (Wildman–Crippen LogP) is -0.929. The molecule has 0 unspecified atom stereocenters. The van der Waals surface area contributed by atoms with Gasteiger partial charge in [0.05, 0.1) is 0 Å². The summed E-state index contributed by atoms with van der Waals surface area (Å²) < 4.78 is 30.3. The summed E-state index contributed by atoms with van der Waals surface area (Å²) in [6.07, 6.45) is 0. The van der Waals surface area contributed by atoms with Crippen molar-refractivity contribution in [3.05, 3.63) is 0 Å². The van der Waals surface area contributed by atoms with E-state index in [1.807, 2.05) is 0 Å². The zero-order chi connectivity index (χ0) is 4.50. The van der Waals surface area contributed by atoms with Crippen LogP contribution in [0.2, 0.25) is 0 Å². The van der Waals surface area contributed by atoms with E-state index < -0.39 is 10.9 Å². The zero-order valence-electron chi connectivity index (χ0n) is 2.67. The SMILES string of the molecule is [3H]S(=O)(=O)O. The molecule has 26 valence electrons. The molecule has 0 aromatic rings. The Morgan fingerprint density at radius 2 is 2.00 bits per heavy atom. The van der Waals surface area contributed by atoms with Crippen LogP contribution in [0, 0.1) is 0 Å². The first-order valence-electron chi connectivity index (χ1n) is 0.924. The Morgan fingerprint density at radius 3 is 2.00 bits per heavy atom. The van der Waals surface area contributed by atoms with Crippen molar-refractivity contribution in [2.45, 2.75) is 0 Å². The van der Waals surface area contributed by atoms with Gasteiger partial charge in [0, 0.05) is 0 Å². The van der Waals surface area contributed by atoms with Gasteiger partial charge in [0.2, 0.25) is 1.12 Å². The van der Waals surface area contributed by atoms with Crippen LogP contribution < -0.4 is 0 Å². The molecule has 0 heterocycles. The van der Waals surface area contributed by atoms with Gasteiger partial charge in [0.25, 0.3) is 10.9 Å². The third-order valence-electron chi connectivity index (χ3n) is 0. The van der Waals surface area contributed by atoms with Gasteiger partial charge in [-0.1, -0.05) is 0 Å². The van der Waals surface area contributed by atoms with Crippen LogP contribution in [0.4, 0.5) is 0 Å². The molecule has 0 rings (SSSR count). The Bertz CT molecular complexity index is 90.1. The van der Waals surface area contributed by atoms with Gasteiger partial charge in [-0.05, 0) is 0 Å². The van der Waals surface area contributed by atoms with Crippen molar-refractivity contribution in [1.29, 1.82) is 1.12 Å². The van der Waals surface area contributed by atoms with Crippen LogP contribution >= 0.6 is 0 Å². The highest BCUT2D eigenvalue weighted by atomic mass is 32.2. The first kappa shape index (κ1) is 2.17. The van der Waals surface area contributed by atoms with E-state index in [9.17, 15) is 0 Å². The molecule has 3 nitrogen and oxygen atoms in total. The quantitative estimate of drug-likeness (QED) is 0.294. The average molecular weight is 84.1 g/mol. The van der Waals surface area contributed by atoms with Crippen molar-refractivity contribution in [2.24, 2.45) is 0 Å². The smallest absolute Gasteiger partial charge is 0.254 e. The van der Waals surface area contributed by atoms with Crippen LogP contribution in [0.15, 0.2) is 0 Å². The largest absolute Gasteiger partial charge is 0.288 e. The highest BCUT2D eigenvalue weighted by Gasteiger charge is 1.44. The van der Waals surface area contributed by atoms with Crippen molar-refractivity contribution >= 4 is 10.9 Å². The molecule has 0 fully saturated rings. The van der Waals surface area contributed by atoms with Crippen molar-refractivity contribution in [1.82, 2.24) is 0 Å². The summed E-state index contributed by atoms with van der Waals surface area (Å²) in [5, 5.41) is 0. The Morgan fingerprint density at radius 1 is 2.00 bits per heavy atom. The van der Waals surface area contributed by atoms with Gasteiger partial charge in [0.15, 0.2) is 0 Å². The van der Waals surface area contributed by atoms with Crippen LogP contribution in [0.25, 0.3) is 0 Å². The molecule has 4 heavy (non-hydrogen) atoms. The molecule has 0 saturated heterocycles. The lowest BCUT2D eigenvalue weighted by Gasteiger charge is -1.43. The Balaban J connectivity index is 4.06. The molecule has 0 amide bonds. The standard InChI is InChI=1S/H2O3S/c1-4(2)3/h4H,(H,1,2,3)/i4T. The van der Waals surface area contributed by atoms with Crippen LogP contribution in [0.1, 0.15) is 0 Å². The highest BCUT2D eigenvalue weighted by molar-refractivity contribution is 7.66. The van der Waals surface area contributed by atoms with Crippen LogP contribution in [0.5, 0.6) is 0 Å². The van der Waals surface area contributed by atoms with E-state index in [2.05, 4.69) is 0 Å². The van der Waals surface area contributed by atoms with Crippen molar-refractivity contribution in [2.75, 3.05) is 0 Å². The maximum absolute atomic E-state index is 8.85. The van der Waals surface area contributed by atoms with E-state index >= 15 is 0 Å². The first-order valence-corrected chi connectivity index (χ1v) is 1.55. The van der Waals surface area contributed by atoms with E-state index in [0.29, 0.717) is 0 Å². The monoisotopic (exact) mass is 84.0 g/mol. The number of hydrogen-bond donors (Lipinski definition) is 2. The fourth-order valence-electron chi connectivity index (χ4n) is 0. The van der Waals surface area contributed by atoms with Gasteiger partial charge in [-0.15, -0.1) is 0 Å². The summed E-state index contributed by atoms with van der Waals surface area (Å²) in [7, 11) is -4.42. The molecule has 4 heteroatoms. The molecule has 0 atom stereocenters. The molecule has 0 aromatic carbocycles. The van der Waals surface area contributed by atoms with Gasteiger partial charge < -0.3 is 0 Å². The number of thiol groups is 1. The topological polar surface area (TPSA) is 54.4 Å². The summed E-state index contributed by atoms with van der Waals surface area (Å²) in [4.78, 5) is 0. The maximum Gasteiger partial charge on any atom is 0.254 e. The summed E-state index contributed by atoms with van der Waals surface area (Å²) in [6, 6.07) is 0. The van der Waals surface area contributed by atoms with Gasteiger partial charge in [-0.2, -0.15) is 0 Å². The minimum atomic E-state index is -4.42. The third kappa shape index (κ3) is 195. The second-order valence-electron chi connectivity index (χ2n) is 0.217. The molecule has 0 aromatic heterocycles. The van der Waals surface area contributed by atoms with Gasteiger partial charge >= 0.3 is 0 Å². The fraction of sp³-hybridized carbons (Fsp3) is 0. The number of hydrogen-bond acceptors (Lipinski definition) is 2. The molecule has 0 aliphatic carbocycles. The van der Waals surface area contributed by atoms with Gasteiger partial charge in [-0.25, -0.2) is 8.42 Å². The molecule has 0 aliphatic heterocycles. The third-order valence-corrected chi connectivity index (χ3v) is 0. The molecule has 0 radical (unpaired) electrons. The Kier molecular flexibility index (Phi) is 0.679. The van der Waals surface area contributed by atoms with Crippen LogP contribution in [-0.2, 0) is 10.9 Å². The summed E-state index contributed by atoms with van der Waals surface area (Å²) in [6.45, 7) is 0. The van der Waals surface area contributed by atoms with Crippen molar-refractivity contribution in [3.8, 4) is 0 Å². The lowest BCUT2D eigenvalue weighted by Crippen LogP contribution is -1.58. The minimum absolute atomic E-state index is 4.42. The van der Waals surface area contributed by atoms with E-state index in [4.69, 9.17) is 14.1 Å². The first-order chi connectivity index (χ1) is 2.00. The molecule has 0 spiro atoms. The maximum atomic E-state index is 8.85. The molecule has 0 bridgehead atoms. The molecular weight excluding hydrogens is 80.1 g/mol. The van der Waals surface area contributed by atoms with Gasteiger partial charge in [0.1, 0.15) is 0 Å². The fourth-order valence-corrected chi connectivity index (χ4v) is 0. The van der Waals surface area contributed by atoms with Crippen molar-refractivity contribution in [3.63, 3.8) is 0 Å². The molecule has 1 N–H and O–H groups in total. The second-order valence-corrected chi connectivity index (χ2v) is 0.651. The van der Waals surface area contributed by atoms with Crippen LogP contribution in [-0.4, -0.2) is 14.1 Å².